The molecule has 0 aliphatic heterocycles. The van der Waals surface area contributed by atoms with Crippen LogP contribution in [0, 0.1) is 0 Å². The van der Waals surface area contributed by atoms with Gasteiger partial charge in [0.25, 0.3) is 5.56 Å². The molecule has 0 spiro atoms. The van der Waals surface area contributed by atoms with Crippen LogP contribution in [-0.4, -0.2) is 29.1 Å². The van der Waals surface area contributed by atoms with E-state index < -0.39 is 11.2 Å². The second-order valence-corrected chi connectivity index (χ2v) is 5.16. The average Bonchev–Trinajstić information content (AvgIpc) is 2.91. The monoisotopic (exact) mass is 341 g/mol. The quantitative estimate of drug-likeness (QED) is 0.667. The Hall–Kier alpha value is -2.39. The Morgan fingerprint density at radius 3 is 2.41 bits per heavy atom. The minimum Gasteiger partial charge on any atom is -0.321 e. The molecule has 2 N–H and O–H groups in total. The van der Waals surface area contributed by atoms with Gasteiger partial charge >= 0.3 is 5.69 Å². The highest BCUT2D eigenvalue weighted by Gasteiger charge is 2.15. The van der Waals surface area contributed by atoms with Gasteiger partial charge in [0, 0.05) is 14.1 Å². The molecule has 0 bridgehead atoms. The number of H-pyrrole nitrogens is 1. The lowest BCUT2D eigenvalue weighted by atomic mass is 10.5. The molecule has 0 aliphatic carbocycles. The summed E-state index contributed by atoms with van der Waals surface area (Å²) < 4.78 is 2.24. The van der Waals surface area contributed by atoms with Crippen LogP contribution in [0.5, 0.6) is 0 Å². The van der Waals surface area contributed by atoms with Crippen molar-refractivity contribution in [3.63, 3.8) is 0 Å². The Morgan fingerprint density at radius 2 is 1.77 bits per heavy atom. The first-order valence-electron chi connectivity index (χ1n) is 5.99. The van der Waals surface area contributed by atoms with E-state index in [2.05, 4.69) is 25.3 Å². The van der Waals surface area contributed by atoms with Gasteiger partial charge in [0.15, 0.2) is 21.5 Å². The Kier molecular flexibility index (Phi) is 3.38. The first kappa shape index (κ1) is 14.5. The van der Waals surface area contributed by atoms with E-state index in [9.17, 15) is 9.59 Å². The van der Waals surface area contributed by atoms with E-state index >= 15 is 0 Å². The molecule has 114 valence electrons. The summed E-state index contributed by atoms with van der Waals surface area (Å²) in [5.41, 5.74) is -0.336. The summed E-state index contributed by atoms with van der Waals surface area (Å²) in [6.07, 6.45) is 1.22. The number of aromatic amines is 1. The van der Waals surface area contributed by atoms with Gasteiger partial charge in [-0.3, -0.25) is 13.9 Å². The van der Waals surface area contributed by atoms with E-state index in [4.69, 9.17) is 23.2 Å². The van der Waals surface area contributed by atoms with E-state index in [-0.39, 0.29) is 33.1 Å². The molecule has 0 saturated heterocycles. The lowest BCUT2D eigenvalue weighted by Gasteiger charge is -2.04. The van der Waals surface area contributed by atoms with Gasteiger partial charge in [-0.15, -0.1) is 0 Å². The summed E-state index contributed by atoms with van der Waals surface area (Å²) in [7, 11) is 2.90. The van der Waals surface area contributed by atoms with Crippen LogP contribution in [0.1, 0.15) is 0 Å². The van der Waals surface area contributed by atoms with Crippen molar-refractivity contribution < 1.29 is 0 Å². The van der Waals surface area contributed by atoms with E-state index in [1.54, 1.807) is 0 Å². The number of aryl methyl sites for hydroxylation is 1. The maximum atomic E-state index is 12.1. The highest BCUT2D eigenvalue weighted by molar-refractivity contribution is 6.37. The number of imidazole rings is 1. The Bertz CT molecular complexity index is 984. The topological polar surface area (TPSA) is 110 Å². The van der Waals surface area contributed by atoms with Crippen LogP contribution >= 0.6 is 23.2 Å². The van der Waals surface area contributed by atoms with Gasteiger partial charge in [-0.2, -0.15) is 4.98 Å². The SMILES string of the molecule is Cn1c(=O)c2[nH]c(Nc3c(Cl)ncnc3Cl)nc2n(C)c1=O. The minimum absolute atomic E-state index is 0.0993. The normalized spacial score (nSPS) is 11.1. The van der Waals surface area contributed by atoms with Crippen molar-refractivity contribution >= 4 is 46.0 Å². The number of nitrogens with one attached hydrogen (secondary N) is 2. The number of hydrogen-bond donors (Lipinski definition) is 2. The fraction of sp³-hybridized carbons (Fsp3) is 0.182. The zero-order valence-electron chi connectivity index (χ0n) is 11.4. The van der Waals surface area contributed by atoms with Crippen LogP contribution in [-0.2, 0) is 14.1 Å². The molecule has 22 heavy (non-hydrogen) atoms. The van der Waals surface area contributed by atoms with Crippen molar-refractivity contribution in [2.24, 2.45) is 14.1 Å². The first-order chi connectivity index (χ1) is 10.4. The molecule has 3 rings (SSSR count). The molecule has 11 heteroatoms. The molecule has 0 amide bonds. The molecule has 0 saturated carbocycles. The number of halogens is 2. The Morgan fingerprint density at radius 1 is 1.14 bits per heavy atom. The molecule has 0 atom stereocenters. The highest BCUT2D eigenvalue weighted by Crippen LogP contribution is 2.28. The van der Waals surface area contributed by atoms with Gasteiger partial charge in [0.05, 0.1) is 0 Å². The molecule has 0 fully saturated rings. The average molecular weight is 342 g/mol. The van der Waals surface area contributed by atoms with Crippen molar-refractivity contribution in [2.45, 2.75) is 0 Å². The summed E-state index contributed by atoms with van der Waals surface area (Å²) in [5, 5.41) is 3.00. The van der Waals surface area contributed by atoms with Crippen molar-refractivity contribution in [3.8, 4) is 0 Å². The largest absolute Gasteiger partial charge is 0.332 e. The Balaban J connectivity index is 2.18. The number of aromatic nitrogens is 6. The molecule has 0 radical (unpaired) electrons. The van der Waals surface area contributed by atoms with Crippen molar-refractivity contribution in [1.82, 2.24) is 29.1 Å². The lowest BCUT2D eigenvalue weighted by molar-refractivity contribution is 0.709. The standard InChI is InChI=1S/C11H9Cl2N7O2/c1-19-8-5(9(21)20(2)11(19)22)17-10(18-8)16-4-6(12)14-3-15-7(4)13/h3H,1-2H3,(H2,16,17,18). The van der Waals surface area contributed by atoms with Gasteiger partial charge < -0.3 is 10.3 Å². The number of hydrogen-bond acceptors (Lipinski definition) is 6. The van der Waals surface area contributed by atoms with Crippen LogP contribution in [0.3, 0.4) is 0 Å². The second kappa shape index (κ2) is 5.11. The number of rotatable bonds is 2. The third kappa shape index (κ3) is 2.14. The zero-order valence-corrected chi connectivity index (χ0v) is 12.9. The molecule has 0 aliphatic rings. The number of nitrogens with zero attached hydrogens (tertiary/aromatic N) is 5. The molecule has 0 unspecified atom stereocenters. The smallest absolute Gasteiger partial charge is 0.321 e. The van der Waals surface area contributed by atoms with Crippen LogP contribution < -0.4 is 16.6 Å². The predicted molar refractivity (Wildman–Crippen MR) is 81.9 cm³/mol. The van der Waals surface area contributed by atoms with Gasteiger partial charge in [-0.25, -0.2) is 14.8 Å². The summed E-state index contributed by atoms with van der Waals surface area (Å²) in [5.74, 6) is 0.187. The number of fused-ring (bicyclic) bond motifs is 1. The second-order valence-electron chi connectivity index (χ2n) is 4.45. The lowest BCUT2D eigenvalue weighted by Crippen LogP contribution is -2.36. The summed E-state index contributed by atoms with van der Waals surface area (Å²) in [6.45, 7) is 0. The van der Waals surface area contributed by atoms with E-state index in [1.807, 2.05) is 0 Å². The van der Waals surface area contributed by atoms with Gasteiger partial charge in [-0.05, 0) is 0 Å². The molecule has 9 nitrogen and oxygen atoms in total. The molecule has 0 aromatic carbocycles. The highest BCUT2D eigenvalue weighted by atomic mass is 35.5. The van der Waals surface area contributed by atoms with Crippen molar-refractivity contribution in [1.29, 1.82) is 0 Å². The summed E-state index contributed by atoms with van der Waals surface area (Å²) in [4.78, 5) is 38.5. The van der Waals surface area contributed by atoms with E-state index in [1.165, 1.54) is 25.0 Å². The third-order valence-corrected chi connectivity index (χ3v) is 3.67. The van der Waals surface area contributed by atoms with Crippen LogP contribution in [0.15, 0.2) is 15.9 Å². The van der Waals surface area contributed by atoms with Crippen molar-refractivity contribution in [2.75, 3.05) is 5.32 Å². The predicted octanol–water partition coefficient (Wildman–Crippen LogP) is 0.801. The fourth-order valence-electron chi connectivity index (χ4n) is 1.95. The van der Waals surface area contributed by atoms with E-state index in [0.29, 0.717) is 0 Å². The molecule has 3 aromatic rings. The van der Waals surface area contributed by atoms with E-state index in [0.717, 1.165) is 4.57 Å². The molecular formula is C11H9Cl2N7O2. The van der Waals surface area contributed by atoms with Crippen LogP contribution in [0.2, 0.25) is 10.3 Å². The molecule has 3 heterocycles. The summed E-state index contributed by atoms with van der Waals surface area (Å²) >= 11 is 11.9. The molecular weight excluding hydrogens is 333 g/mol. The maximum absolute atomic E-state index is 12.1. The first-order valence-corrected chi connectivity index (χ1v) is 6.74. The third-order valence-electron chi connectivity index (χ3n) is 3.09. The number of anilines is 2. The maximum Gasteiger partial charge on any atom is 0.332 e. The van der Waals surface area contributed by atoms with Crippen LogP contribution in [0.4, 0.5) is 11.6 Å². The summed E-state index contributed by atoms with van der Waals surface area (Å²) in [6, 6.07) is 0. The zero-order chi connectivity index (χ0) is 16.0. The van der Waals surface area contributed by atoms with Gasteiger partial charge in [0.1, 0.15) is 12.0 Å². The van der Waals surface area contributed by atoms with Crippen LogP contribution in [0.25, 0.3) is 11.2 Å². The van der Waals surface area contributed by atoms with Gasteiger partial charge in [0.2, 0.25) is 5.95 Å². The van der Waals surface area contributed by atoms with Gasteiger partial charge in [-0.1, -0.05) is 23.2 Å². The minimum atomic E-state index is -0.486. The van der Waals surface area contributed by atoms with Crippen molar-refractivity contribution in [3.05, 3.63) is 37.5 Å². The molecule has 3 aromatic heterocycles. The fourth-order valence-corrected chi connectivity index (χ4v) is 2.36. The Labute approximate surface area is 132 Å².